The van der Waals surface area contributed by atoms with Crippen molar-refractivity contribution >= 4 is 54.4 Å². The van der Waals surface area contributed by atoms with E-state index in [2.05, 4.69) is 19.1 Å². The molecule has 0 atom stereocenters. The first-order valence-corrected chi connectivity index (χ1v) is 11.3. The van der Waals surface area contributed by atoms with Crippen LogP contribution in [0.15, 0.2) is 63.0 Å². The molecule has 5 rings (SSSR count). The summed E-state index contributed by atoms with van der Waals surface area (Å²) in [6.07, 6.45) is 2.78. The summed E-state index contributed by atoms with van der Waals surface area (Å²) >= 11 is 0.799. The number of halogens is 1. The van der Waals surface area contributed by atoms with Gasteiger partial charge in [0.25, 0.3) is 10.0 Å². The van der Waals surface area contributed by atoms with Crippen molar-refractivity contribution in [3.63, 3.8) is 0 Å². The highest BCUT2D eigenvalue weighted by atomic mass is 32.2. The Hall–Kier alpha value is -3.84. The number of pyridine rings is 1. The van der Waals surface area contributed by atoms with Gasteiger partial charge in [-0.1, -0.05) is 18.2 Å². The highest BCUT2D eigenvalue weighted by Crippen LogP contribution is 2.26. The number of nitrogens with one attached hydrogen (secondary N) is 1. The molecular formula is C19H13FN6O4S2. The number of nitrogen functional groups attached to an aromatic ring is 1. The largest absolute Gasteiger partial charge is 0.420 e. The predicted octanol–water partition coefficient (Wildman–Crippen LogP) is 2.56. The molecule has 13 heteroatoms. The minimum atomic E-state index is -4.31. The van der Waals surface area contributed by atoms with Crippen molar-refractivity contribution < 1.29 is 17.2 Å². The lowest BCUT2D eigenvalue weighted by Gasteiger charge is -2.09. The second-order valence-electron chi connectivity index (χ2n) is 6.80. The minimum Gasteiger partial charge on any atom is -0.408 e. The van der Waals surface area contributed by atoms with Gasteiger partial charge in [0.1, 0.15) is 22.9 Å². The van der Waals surface area contributed by atoms with Gasteiger partial charge < -0.3 is 10.2 Å². The Morgan fingerprint density at radius 3 is 2.84 bits per heavy atom. The van der Waals surface area contributed by atoms with Gasteiger partial charge in [-0.2, -0.15) is 4.37 Å². The van der Waals surface area contributed by atoms with Crippen LogP contribution in [-0.2, 0) is 16.6 Å². The van der Waals surface area contributed by atoms with Crippen molar-refractivity contribution in [2.45, 2.75) is 11.4 Å². The van der Waals surface area contributed by atoms with E-state index in [0.29, 0.717) is 5.82 Å². The molecule has 5 aromatic rings. The van der Waals surface area contributed by atoms with Crippen molar-refractivity contribution in [1.29, 1.82) is 0 Å². The molecule has 0 spiro atoms. The Morgan fingerprint density at radius 1 is 1.22 bits per heavy atom. The molecule has 32 heavy (non-hydrogen) atoms. The predicted molar refractivity (Wildman–Crippen MR) is 116 cm³/mol. The standard InChI is InChI=1S/C19H13FN6O4S2/c20-13-5-14-15(6-16(13)32(28,29)25-18-23-9-24-31-18)30-19(27)26(14)8-11-3-1-2-10-7-22-17(21)4-12(10)11/h1-7,9H,8H2,(H2,21,22)(H,23,24,25). The number of fused-ring (bicyclic) bond motifs is 2. The molecule has 0 aliphatic carbocycles. The van der Waals surface area contributed by atoms with Gasteiger partial charge in [0, 0.05) is 35.2 Å². The summed E-state index contributed by atoms with van der Waals surface area (Å²) in [5.41, 5.74) is 6.57. The maximum atomic E-state index is 14.8. The third-order valence-electron chi connectivity index (χ3n) is 4.80. The third-order valence-corrected chi connectivity index (χ3v) is 6.86. The first-order chi connectivity index (χ1) is 15.3. The van der Waals surface area contributed by atoms with E-state index in [-0.39, 0.29) is 22.8 Å². The van der Waals surface area contributed by atoms with Crippen molar-refractivity contribution in [2.75, 3.05) is 10.5 Å². The number of sulfonamides is 1. The number of aromatic nitrogens is 4. The quantitative estimate of drug-likeness (QED) is 0.397. The van der Waals surface area contributed by atoms with E-state index in [1.165, 1.54) is 4.57 Å². The van der Waals surface area contributed by atoms with E-state index in [0.717, 1.165) is 46.3 Å². The lowest BCUT2D eigenvalue weighted by atomic mass is 10.1. The molecule has 0 saturated carbocycles. The van der Waals surface area contributed by atoms with Crippen molar-refractivity contribution in [3.8, 4) is 0 Å². The molecule has 0 unspecified atom stereocenters. The van der Waals surface area contributed by atoms with E-state index in [1.807, 2.05) is 6.07 Å². The molecule has 3 N–H and O–H groups in total. The molecule has 0 bridgehead atoms. The number of hydrogen-bond donors (Lipinski definition) is 2. The normalized spacial score (nSPS) is 11.9. The van der Waals surface area contributed by atoms with Crippen LogP contribution < -0.4 is 16.2 Å². The first kappa shape index (κ1) is 20.1. The third kappa shape index (κ3) is 3.46. The molecule has 10 nitrogen and oxygen atoms in total. The molecule has 0 aliphatic rings. The Kier molecular flexibility index (Phi) is 4.64. The van der Waals surface area contributed by atoms with Gasteiger partial charge in [0.05, 0.1) is 12.1 Å². The van der Waals surface area contributed by atoms with Crippen LogP contribution in [0.25, 0.3) is 21.9 Å². The molecule has 0 fully saturated rings. The summed E-state index contributed by atoms with van der Waals surface area (Å²) in [7, 11) is -4.31. The number of nitrogens with zero attached hydrogens (tertiary/aromatic N) is 4. The Morgan fingerprint density at radius 2 is 2.06 bits per heavy atom. The van der Waals surface area contributed by atoms with Crippen molar-refractivity contribution in [2.24, 2.45) is 0 Å². The molecule has 3 heterocycles. The number of nitrogens with two attached hydrogens (primary N) is 1. The fraction of sp³-hybridized carbons (Fsp3) is 0.0526. The number of rotatable bonds is 5. The van der Waals surface area contributed by atoms with Gasteiger partial charge in [0.15, 0.2) is 5.58 Å². The number of oxazole rings is 1. The molecular weight excluding hydrogens is 459 g/mol. The van der Waals surface area contributed by atoms with Crippen LogP contribution in [0.2, 0.25) is 0 Å². The van der Waals surface area contributed by atoms with E-state index >= 15 is 0 Å². The highest BCUT2D eigenvalue weighted by Gasteiger charge is 2.24. The number of anilines is 2. The van der Waals surface area contributed by atoms with Crippen LogP contribution in [0.3, 0.4) is 0 Å². The minimum absolute atomic E-state index is 0.0201. The molecule has 0 saturated heterocycles. The zero-order valence-corrected chi connectivity index (χ0v) is 17.7. The fourth-order valence-corrected chi connectivity index (χ4v) is 5.10. The summed E-state index contributed by atoms with van der Waals surface area (Å²) < 4.78 is 52.2. The van der Waals surface area contributed by atoms with Crippen LogP contribution in [0.1, 0.15) is 5.56 Å². The van der Waals surface area contributed by atoms with Gasteiger partial charge >= 0.3 is 5.76 Å². The highest BCUT2D eigenvalue weighted by molar-refractivity contribution is 7.93. The Balaban J connectivity index is 1.60. The van der Waals surface area contributed by atoms with Crippen LogP contribution >= 0.6 is 11.5 Å². The molecule has 162 valence electrons. The Bertz CT molecular complexity index is 1640. The van der Waals surface area contributed by atoms with Crippen LogP contribution in [0.5, 0.6) is 0 Å². The summed E-state index contributed by atoms with van der Waals surface area (Å²) in [5.74, 6) is -1.49. The van der Waals surface area contributed by atoms with Crippen LogP contribution in [-0.4, -0.2) is 27.3 Å². The van der Waals surface area contributed by atoms with E-state index in [9.17, 15) is 17.6 Å². The average molecular weight is 472 g/mol. The zero-order valence-electron chi connectivity index (χ0n) is 16.0. The smallest absolute Gasteiger partial charge is 0.408 e. The topological polar surface area (TPSA) is 146 Å². The Labute approximate surface area is 183 Å². The number of hydrogen-bond acceptors (Lipinski definition) is 9. The SMILES string of the molecule is Nc1cc2c(Cn3c(=O)oc4cc(S(=O)(=O)Nc5ncns5)c(F)cc43)cccc2cn1. The van der Waals surface area contributed by atoms with Crippen molar-refractivity contribution in [1.82, 2.24) is 18.9 Å². The average Bonchev–Trinajstić information content (AvgIpc) is 3.35. The van der Waals surface area contributed by atoms with Gasteiger partial charge in [-0.3, -0.25) is 9.29 Å². The van der Waals surface area contributed by atoms with E-state index in [4.69, 9.17) is 10.2 Å². The molecule has 2 aromatic carbocycles. The molecule has 0 radical (unpaired) electrons. The van der Waals surface area contributed by atoms with Gasteiger partial charge in [0.2, 0.25) is 5.13 Å². The molecule has 3 aromatic heterocycles. The maximum absolute atomic E-state index is 14.8. The summed E-state index contributed by atoms with van der Waals surface area (Å²) in [6.45, 7) is 0.0567. The second-order valence-corrected chi connectivity index (χ2v) is 9.23. The van der Waals surface area contributed by atoms with Gasteiger partial charge in [-0.25, -0.2) is 27.6 Å². The fourth-order valence-electron chi connectivity index (χ4n) is 3.37. The second kappa shape index (κ2) is 7.39. The summed E-state index contributed by atoms with van der Waals surface area (Å²) in [5, 5.41) is 1.58. The molecule has 0 amide bonds. The monoisotopic (exact) mass is 472 g/mol. The van der Waals surface area contributed by atoms with Crippen LogP contribution in [0, 0.1) is 5.82 Å². The van der Waals surface area contributed by atoms with Gasteiger partial charge in [-0.05, 0) is 17.0 Å². The van der Waals surface area contributed by atoms with E-state index in [1.54, 1.807) is 24.4 Å². The lowest BCUT2D eigenvalue weighted by molar-refractivity contribution is 0.517. The maximum Gasteiger partial charge on any atom is 0.420 e. The zero-order chi connectivity index (χ0) is 22.5. The first-order valence-electron chi connectivity index (χ1n) is 9.07. The lowest BCUT2D eigenvalue weighted by Crippen LogP contribution is -2.16. The van der Waals surface area contributed by atoms with E-state index < -0.39 is 26.5 Å². The number of benzene rings is 2. The van der Waals surface area contributed by atoms with Crippen molar-refractivity contribution in [3.05, 3.63) is 70.9 Å². The molecule has 0 aliphatic heterocycles. The van der Waals surface area contributed by atoms with Gasteiger partial charge in [-0.15, -0.1) is 0 Å². The summed E-state index contributed by atoms with van der Waals surface area (Å²) in [4.78, 5) is 19.6. The summed E-state index contributed by atoms with van der Waals surface area (Å²) in [6, 6.07) is 9.06. The van der Waals surface area contributed by atoms with Crippen LogP contribution in [0.4, 0.5) is 15.3 Å².